The number of nitrogens with one attached hydrogen (secondary N) is 3. The molecule has 0 radical (unpaired) electrons. The maximum Gasteiger partial charge on any atom is 0.253 e. The fourth-order valence-corrected chi connectivity index (χ4v) is 3.48. The van der Waals surface area contributed by atoms with Gasteiger partial charge in [-0.1, -0.05) is 48.5 Å². The summed E-state index contributed by atoms with van der Waals surface area (Å²) in [5.74, 6) is 0. The molecule has 5 nitrogen and oxygen atoms in total. The lowest BCUT2D eigenvalue weighted by atomic mass is 10.1. The number of aryl methyl sites for hydroxylation is 1. The van der Waals surface area contributed by atoms with E-state index in [0.717, 1.165) is 35.1 Å². The number of rotatable bonds is 7. The summed E-state index contributed by atoms with van der Waals surface area (Å²) in [5, 5.41) is 5.05. The molecule has 29 heavy (non-hydrogen) atoms. The zero-order chi connectivity index (χ0) is 20.8. The highest BCUT2D eigenvalue weighted by molar-refractivity contribution is 7.80. The van der Waals surface area contributed by atoms with Crippen molar-refractivity contribution in [1.29, 1.82) is 0 Å². The van der Waals surface area contributed by atoms with Crippen LogP contribution in [-0.4, -0.2) is 42.2 Å². The molecule has 3 aromatic rings. The SMILES string of the molecule is Cc1cccc2cc(CN(CC[NH+](C)C)C(=S)NCc3ccccc3)c(=O)[nH]c12. The van der Waals surface area contributed by atoms with Gasteiger partial charge in [0.1, 0.15) is 0 Å². The van der Waals surface area contributed by atoms with Crippen LogP contribution >= 0.6 is 12.2 Å². The van der Waals surface area contributed by atoms with E-state index < -0.39 is 0 Å². The Morgan fingerprint density at radius 2 is 1.90 bits per heavy atom. The van der Waals surface area contributed by atoms with Gasteiger partial charge in [-0.05, 0) is 41.7 Å². The first-order valence-electron chi connectivity index (χ1n) is 9.91. The number of H-pyrrole nitrogens is 1. The van der Waals surface area contributed by atoms with Gasteiger partial charge in [-0.25, -0.2) is 0 Å². The Balaban J connectivity index is 1.79. The molecule has 3 rings (SSSR count). The molecule has 0 bridgehead atoms. The predicted octanol–water partition coefficient (Wildman–Crippen LogP) is 1.86. The molecular formula is C23H29N4OS+. The molecule has 0 unspecified atom stereocenters. The molecule has 0 aliphatic rings. The molecule has 3 N–H and O–H groups in total. The molecule has 0 fully saturated rings. The molecule has 0 aliphatic carbocycles. The second-order valence-electron chi connectivity index (χ2n) is 7.69. The van der Waals surface area contributed by atoms with Crippen molar-refractivity contribution in [2.45, 2.75) is 20.0 Å². The standard InChI is InChI=1S/C23H28N4OS/c1-17-8-7-11-19-14-20(22(28)25-21(17)19)16-27(13-12-26(2)3)23(29)24-15-18-9-5-4-6-10-18/h4-11,14H,12-13,15-16H2,1-3H3,(H,24,29)(H,25,28)/p+1. The van der Waals surface area contributed by atoms with Gasteiger partial charge in [0, 0.05) is 12.1 Å². The van der Waals surface area contributed by atoms with Gasteiger partial charge in [0.2, 0.25) is 0 Å². The fourth-order valence-electron chi connectivity index (χ4n) is 3.25. The fraction of sp³-hybridized carbons (Fsp3) is 0.304. The number of aromatic amines is 1. The molecular weight excluding hydrogens is 380 g/mol. The molecule has 0 spiro atoms. The van der Waals surface area contributed by atoms with E-state index in [4.69, 9.17) is 12.2 Å². The number of para-hydroxylation sites is 1. The average Bonchev–Trinajstić information content (AvgIpc) is 2.71. The lowest BCUT2D eigenvalue weighted by molar-refractivity contribution is -0.857. The monoisotopic (exact) mass is 409 g/mol. The van der Waals surface area contributed by atoms with E-state index in [1.54, 1.807) is 0 Å². The number of aromatic nitrogens is 1. The first-order chi connectivity index (χ1) is 13.9. The zero-order valence-corrected chi connectivity index (χ0v) is 18.1. The minimum Gasteiger partial charge on any atom is -0.358 e. The van der Waals surface area contributed by atoms with E-state index in [1.165, 1.54) is 10.5 Å². The number of pyridine rings is 1. The number of hydrogen-bond donors (Lipinski definition) is 3. The number of fused-ring (bicyclic) bond motifs is 1. The molecule has 0 atom stereocenters. The smallest absolute Gasteiger partial charge is 0.253 e. The predicted molar refractivity (Wildman–Crippen MR) is 123 cm³/mol. The molecule has 1 heterocycles. The minimum atomic E-state index is -0.0557. The van der Waals surface area contributed by atoms with Gasteiger partial charge in [-0.2, -0.15) is 0 Å². The average molecular weight is 410 g/mol. The molecule has 0 saturated heterocycles. The van der Waals surface area contributed by atoms with Crippen LogP contribution in [0.2, 0.25) is 0 Å². The Kier molecular flexibility index (Phi) is 7.01. The summed E-state index contributed by atoms with van der Waals surface area (Å²) < 4.78 is 0. The quantitative estimate of drug-likeness (QED) is 0.522. The third-order valence-electron chi connectivity index (χ3n) is 4.98. The van der Waals surface area contributed by atoms with Crippen molar-refractivity contribution in [3.8, 4) is 0 Å². The van der Waals surface area contributed by atoms with Gasteiger partial charge in [0.05, 0.1) is 39.2 Å². The van der Waals surface area contributed by atoms with Crippen molar-refractivity contribution in [1.82, 2.24) is 15.2 Å². The first kappa shape index (κ1) is 21.0. The van der Waals surface area contributed by atoms with E-state index >= 15 is 0 Å². The van der Waals surface area contributed by atoms with Crippen LogP contribution in [-0.2, 0) is 13.1 Å². The lowest BCUT2D eigenvalue weighted by Crippen LogP contribution is -3.06. The van der Waals surface area contributed by atoms with Crippen molar-refractivity contribution in [3.05, 3.63) is 81.6 Å². The van der Waals surface area contributed by atoms with Crippen LogP contribution in [0.5, 0.6) is 0 Å². The Hall–Kier alpha value is -2.70. The topological polar surface area (TPSA) is 52.6 Å². The maximum absolute atomic E-state index is 12.7. The number of thiocarbonyl (C=S) groups is 1. The zero-order valence-electron chi connectivity index (χ0n) is 17.3. The van der Waals surface area contributed by atoms with Gasteiger partial charge < -0.3 is 20.1 Å². The van der Waals surface area contributed by atoms with E-state index in [2.05, 4.69) is 41.4 Å². The molecule has 1 aromatic heterocycles. The van der Waals surface area contributed by atoms with Crippen LogP contribution in [0.4, 0.5) is 0 Å². The third kappa shape index (κ3) is 5.65. The number of benzene rings is 2. The summed E-state index contributed by atoms with van der Waals surface area (Å²) >= 11 is 5.68. The summed E-state index contributed by atoms with van der Waals surface area (Å²) in [6.07, 6.45) is 0. The van der Waals surface area contributed by atoms with Crippen LogP contribution in [0, 0.1) is 6.92 Å². The van der Waals surface area contributed by atoms with Gasteiger partial charge in [-0.15, -0.1) is 0 Å². The van der Waals surface area contributed by atoms with Crippen LogP contribution < -0.4 is 15.8 Å². The van der Waals surface area contributed by atoms with Gasteiger partial charge >= 0.3 is 0 Å². The normalized spacial score (nSPS) is 11.0. The number of quaternary nitrogens is 1. The Morgan fingerprint density at radius 1 is 1.14 bits per heavy atom. The van der Waals surface area contributed by atoms with Crippen molar-refractivity contribution in [3.63, 3.8) is 0 Å². The van der Waals surface area contributed by atoms with E-state index in [-0.39, 0.29) is 5.56 Å². The highest BCUT2D eigenvalue weighted by Gasteiger charge is 2.15. The Bertz CT molecular complexity index is 1030. The van der Waals surface area contributed by atoms with Crippen molar-refractivity contribution in [2.75, 3.05) is 27.2 Å². The second-order valence-corrected chi connectivity index (χ2v) is 8.07. The van der Waals surface area contributed by atoms with Gasteiger partial charge in [0.15, 0.2) is 5.11 Å². The Morgan fingerprint density at radius 3 is 2.62 bits per heavy atom. The highest BCUT2D eigenvalue weighted by Crippen LogP contribution is 2.15. The second kappa shape index (κ2) is 9.67. The van der Waals surface area contributed by atoms with Crippen molar-refractivity contribution < 1.29 is 4.90 Å². The highest BCUT2D eigenvalue weighted by atomic mass is 32.1. The summed E-state index contributed by atoms with van der Waals surface area (Å²) in [4.78, 5) is 19.2. The number of hydrogen-bond acceptors (Lipinski definition) is 2. The molecule has 6 heteroatoms. The molecule has 0 aliphatic heterocycles. The van der Waals surface area contributed by atoms with Crippen LogP contribution in [0.25, 0.3) is 10.9 Å². The maximum atomic E-state index is 12.7. The van der Waals surface area contributed by atoms with Crippen LogP contribution in [0.15, 0.2) is 59.4 Å². The van der Waals surface area contributed by atoms with E-state index in [0.29, 0.717) is 18.2 Å². The number of nitrogens with zero attached hydrogens (tertiary/aromatic N) is 1. The third-order valence-corrected chi connectivity index (χ3v) is 5.38. The molecule has 0 amide bonds. The summed E-state index contributed by atoms with van der Waals surface area (Å²) in [7, 11) is 4.23. The molecule has 152 valence electrons. The summed E-state index contributed by atoms with van der Waals surface area (Å²) in [5.41, 5.74) is 3.81. The first-order valence-corrected chi connectivity index (χ1v) is 10.3. The summed E-state index contributed by atoms with van der Waals surface area (Å²) in [6, 6.07) is 18.2. The van der Waals surface area contributed by atoms with Crippen LogP contribution in [0.1, 0.15) is 16.7 Å². The van der Waals surface area contributed by atoms with E-state index in [1.807, 2.05) is 49.4 Å². The van der Waals surface area contributed by atoms with Gasteiger partial charge in [0.25, 0.3) is 5.56 Å². The van der Waals surface area contributed by atoms with Crippen LogP contribution in [0.3, 0.4) is 0 Å². The largest absolute Gasteiger partial charge is 0.358 e. The molecule has 0 saturated carbocycles. The Labute approximate surface area is 177 Å². The molecule has 2 aromatic carbocycles. The number of likely N-dealkylation sites (N-methyl/N-ethyl adjacent to an activating group) is 1. The van der Waals surface area contributed by atoms with Crippen molar-refractivity contribution >= 4 is 28.2 Å². The summed E-state index contributed by atoms with van der Waals surface area (Å²) in [6.45, 7) is 4.85. The lowest BCUT2D eigenvalue weighted by Gasteiger charge is -2.26. The van der Waals surface area contributed by atoms with Gasteiger partial charge in [-0.3, -0.25) is 4.79 Å². The minimum absolute atomic E-state index is 0.0557. The van der Waals surface area contributed by atoms with Crippen molar-refractivity contribution in [2.24, 2.45) is 0 Å². The van der Waals surface area contributed by atoms with E-state index in [9.17, 15) is 4.79 Å².